The first-order valence-corrected chi connectivity index (χ1v) is 8.80. The van der Waals surface area contributed by atoms with Crippen molar-refractivity contribution in [3.8, 4) is 0 Å². The molecule has 13 heteroatoms. The summed E-state index contributed by atoms with van der Waals surface area (Å²) in [6, 6.07) is 0.527. The number of rotatable bonds is 7. The van der Waals surface area contributed by atoms with Crippen LogP contribution < -0.4 is 11.1 Å². The number of esters is 2. The molecule has 0 heterocycles. The second-order valence-electron chi connectivity index (χ2n) is 6.30. The SMILES string of the molecule is CCOC(=O)C(Cc1cc(C(F)(F)F)c(N)c(C(F)(F)F)c1)(NC(C)=O)C(=O)OCC. The Kier molecular flexibility index (Phi) is 7.93. The summed E-state index contributed by atoms with van der Waals surface area (Å²) in [5, 5.41) is 1.96. The standard InChI is InChI=1S/C18H20F6N2O5/c1-4-30-14(28)16(26-9(3)27,15(29)31-5-2)8-10-6-11(17(19,20)21)13(25)12(7-10)18(22,23)24/h6-7H,4-5,8,25H2,1-3H3,(H,26,27). The van der Waals surface area contributed by atoms with Gasteiger partial charge in [0.2, 0.25) is 11.4 Å². The number of nitrogens with two attached hydrogens (primary N) is 1. The van der Waals surface area contributed by atoms with Gasteiger partial charge in [0.25, 0.3) is 0 Å². The van der Waals surface area contributed by atoms with E-state index in [2.05, 4.69) is 0 Å². The molecule has 0 radical (unpaired) electrons. The van der Waals surface area contributed by atoms with Gasteiger partial charge in [-0.1, -0.05) is 0 Å². The summed E-state index contributed by atoms with van der Waals surface area (Å²) in [7, 11) is 0. The lowest BCUT2D eigenvalue weighted by molar-refractivity contribution is -0.168. The van der Waals surface area contributed by atoms with Gasteiger partial charge in [0, 0.05) is 13.3 Å². The molecular weight excluding hydrogens is 438 g/mol. The van der Waals surface area contributed by atoms with Crippen molar-refractivity contribution in [1.82, 2.24) is 5.32 Å². The molecule has 1 amide bonds. The number of amides is 1. The highest BCUT2D eigenvalue weighted by Gasteiger charge is 2.51. The van der Waals surface area contributed by atoms with Gasteiger partial charge in [0.05, 0.1) is 30.0 Å². The van der Waals surface area contributed by atoms with Crippen molar-refractivity contribution in [2.45, 2.75) is 45.1 Å². The molecule has 1 aromatic carbocycles. The first-order chi connectivity index (χ1) is 14.1. The van der Waals surface area contributed by atoms with Crippen LogP contribution in [0.25, 0.3) is 0 Å². The van der Waals surface area contributed by atoms with E-state index in [1.54, 1.807) is 0 Å². The molecule has 31 heavy (non-hydrogen) atoms. The van der Waals surface area contributed by atoms with Gasteiger partial charge in [-0.15, -0.1) is 0 Å². The largest absolute Gasteiger partial charge is 0.464 e. The van der Waals surface area contributed by atoms with Crippen LogP contribution in [0.15, 0.2) is 12.1 Å². The molecule has 0 unspecified atom stereocenters. The molecule has 174 valence electrons. The fourth-order valence-corrected chi connectivity index (χ4v) is 2.77. The summed E-state index contributed by atoms with van der Waals surface area (Å²) in [6.07, 6.45) is -11.7. The Bertz CT molecular complexity index is 798. The van der Waals surface area contributed by atoms with E-state index in [0.29, 0.717) is 0 Å². The molecule has 0 atom stereocenters. The quantitative estimate of drug-likeness (QED) is 0.282. The number of ether oxygens (including phenoxy) is 2. The minimum atomic E-state index is -5.27. The third-order valence-electron chi connectivity index (χ3n) is 3.96. The topological polar surface area (TPSA) is 108 Å². The molecule has 0 saturated heterocycles. The maximum absolute atomic E-state index is 13.3. The van der Waals surface area contributed by atoms with Crippen LogP contribution in [0.2, 0.25) is 0 Å². The van der Waals surface area contributed by atoms with E-state index in [1.165, 1.54) is 13.8 Å². The van der Waals surface area contributed by atoms with E-state index in [1.807, 2.05) is 5.32 Å². The summed E-state index contributed by atoms with van der Waals surface area (Å²) in [4.78, 5) is 36.8. The molecule has 0 aliphatic rings. The third-order valence-corrected chi connectivity index (χ3v) is 3.96. The monoisotopic (exact) mass is 458 g/mol. The fraction of sp³-hybridized carbons (Fsp3) is 0.500. The van der Waals surface area contributed by atoms with Gasteiger partial charge in [0.15, 0.2) is 0 Å². The minimum Gasteiger partial charge on any atom is -0.464 e. The zero-order valence-electron chi connectivity index (χ0n) is 16.7. The summed E-state index contributed by atoms with van der Waals surface area (Å²) < 4.78 is 89.3. The molecular formula is C18H20F6N2O5. The predicted octanol–water partition coefficient (Wildman–Crippen LogP) is 2.85. The fourth-order valence-electron chi connectivity index (χ4n) is 2.77. The van der Waals surface area contributed by atoms with Crippen molar-refractivity contribution in [3.63, 3.8) is 0 Å². The molecule has 0 aliphatic heterocycles. The van der Waals surface area contributed by atoms with Crippen LogP contribution in [0.3, 0.4) is 0 Å². The zero-order valence-corrected chi connectivity index (χ0v) is 16.7. The second-order valence-corrected chi connectivity index (χ2v) is 6.30. The van der Waals surface area contributed by atoms with Crippen LogP contribution in [0, 0.1) is 0 Å². The molecule has 3 N–H and O–H groups in total. The summed E-state index contributed by atoms with van der Waals surface area (Å²) in [5.41, 5.74) is -3.60. The Labute approximate surface area is 172 Å². The Balaban J connectivity index is 3.80. The van der Waals surface area contributed by atoms with Gasteiger partial charge in [-0.05, 0) is 31.5 Å². The highest BCUT2D eigenvalue weighted by atomic mass is 19.4. The highest BCUT2D eigenvalue weighted by Crippen LogP contribution is 2.42. The molecule has 1 rings (SSSR count). The molecule has 7 nitrogen and oxygen atoms in total. The lowest BCUT2D eigenvalue weighted by Gasteiger charge is -2.30. The lowest BCUT2D eigenvalue weighted by Crippen LogP contribution is -2.62. The number of halogens is 6. The Morgan fingerprint density at radius 1 is 0.903 bits per heavy atom. The molecule has 0 bridgehead atoms. The number of carbonyl (C=O) groups excluding carboxylic acids is 3. The number of alkyl halides is 6. The van der Waals surface area contributed by atoms with Crippen molar-refractivity contribution >= 4 is 23.5 Å². The van der Waals surface area contributed by atoms with Gasteiger partial charge < -0.3 is 20.5 Å². The van der Waals surface area contributed by atoms with Gasteiger partial charge in [0.1, 0.15) is 0 Å². The van der Waals surface area contributed by atoms with E-state index >= 15 is 0 Å². The van der Waals surface area contributed by atoms with E-state index in [9.17, 15) is 40.7 Å². The van der Waals surface area contributed by atoms with Crippen LogP contribution in [-0.2, 0) is 42.6 Å². The van der Waals surface area contributed by atoms with Crippen LogP contribution in [0.4, 0.5) is 32.0 Å². The number of nitrogen functional groups attached to an aromatic ring is 1. The van der Waals surface area contributed by atoms with Crippen LogP contribution in [0.1, 0.15) is 37.5 Å². The van der Waals surface area contributed by atoms with E-state index in [-0.39, 0.29) is 25.3 Å². The Hall–Kier alpha value is -2.99. The average Bonchev–Trinajstić information content (AvgIpc) is 2.60. The van der Waals surface area contributed by atoms with E-state index in [0.717, 1.165) is 6.92 Å². The van der Waals surface area contributed by atoms with Crippen molar-refractivity contribution in [3.05, 3.63) is 28.8 Å². The second kappa shape index (κ2) is 9.43. The van der Waals surface area contributed by atoms with Crippen molar-refractivity contribution in [2.75, 3.05) is 18.9 Å². The van der Waals surface area contributed by atoms with E-state index in [4.69, 9.17) is 15.2 Å². The van der Waals surface area contributed by atoms with Crippen LogP contribution in [-0.4, -0.2) is 36.6 Å². The predicted molar refractivity (Wildman–Crippen MR) is 94.4 cm³/mol. The molecule has 0 saturated carbocycles. The number of anilines is 1. The van der Waals surface area contributed by atoms with Gasteiger partial charge >= 0.3 is 24.3 Å². The minimum absolute atomic E-state index is 0.263. The Morgan fingerprint density at radius 3 is 1.58 bits per heavy atom. The Morgan fingerprint density at radius 2 is 1.29 bits per heavy atom. The molecule has 0 spiro atoms. The summed E-state index contributed by atoms with van der Waals surface area (Å²) in [5.74, 6) is -3.81. The summed E-state index contributed by atoms with van der Waals surface area (Å²) in [6.45, 7) is 2.97. The third kappa shape index (κ3) is 6.01. The van der Waals surface area contributed by atoms with Crippen molar-refractivity contribution in [1.29, 1.82) is 0 Å². The van der Waals surface area contributed by atoms with Gasteiger partial charge in [-0.25, -0.2) is 9.59 Å². The summed E-state index contributed by atoms with van der Waals surface area (Å²) >= 11 is 0. The van der Waals surface area contributed by atoms with Crippen molar-refractivity contribution < 1.29 is 50.2 Å². The number of carbonyl (C=O) groups is 3. The molecule has 0 fully saturated rings. The maximum atomic E-state index is 13.3. The van der Waals surface area contributed by atoms with Crippen LogP contribution in [0.5, 0.6) is 0 Å². The van der Waals surface area contributed by atoms with E-state index < -0.39 is 64.5 Å². The zero-order chi connectivity index (χ0) is 24.2. The van der Waals surface area contributed by atoms with Crippen LogP contribution >= 0.6 is 0 Å². The first-order valence-electron chi connectivity index (χ1n) is 8.80. The number of benzene rings is 1. The van der Waals surface area contributed by atoms with Gasteiger partial charge in [-0.2, -0.15) is 26.3 Å². The normalized spacial score (nSPS) is 12.3. The van der Waals surface area contributed by atoms with Gasteiger partial charge in [-0.3, -0.25) is 4.79 Å². The van der Waals surface area contributed by atoms with Crippen molar-refractivity contribution in [2.24, 2.45) is 0 Å². The smallest absolute Gasteiger partial charge is 0.418 e. The first kappa shape index (κ1) is 26.0. The number of hydrogen-bond acceptors (Lipinski definition) is 6. The lowest BCUT2D eigenvalue weighted by atomic mass is 9.88. The molecule has 0 aliphatic carbocycles. The highest BCUT2D eigenvalue weighted by molar-refractivity contribution is 6.08. The number of nitrogens with one attached hydrogen (secondary N) is 1. The maximum Gasteiger partial charge on any atom is 0.418 e. The molecule has 0 aromatic heterocycles. The molecule has 1 aromatic rings. The number of hydrogen-bond donors (Lipinski definition) is 2. The average molecular weight is 458 g/mol.